The van der Waals surface area contributed by atoms with E-state index in [4.69, 9.17) is 0 Å². The molecule has 1 aliphatic heterocycles. The van der Waals surface area contributed by atoms with Crippen molar-refractivity contribution in [3.8, 4) is 0 Å². The standard InChI is InChI=1S/C18H29N5S/c1-13(2)23-10-17(14(3)21-23)9-22(8-16-5-6-19-7-16)11-18-15(4)20-12-24-18/h10,12-13,16,19H,5-9,11H2,1-4H3. The summed E-state index contributed by atoms with van der Waals surface area (Å²) in [4.78, 5) is 8.38. The van der Waals surface area contributed by atoms with Crippen LogP contribution in [-0.4, -0.2) is 39.3 Å². The number of aromatic nitrogens is 3. The lowest BCUT2D eigenvalue weighted by Gasteiger charge is -2.24. The first-order valence-electron chi connectivity index (χ1n) is 8.89. The van der Waals surface area contributed by atoms with E-state index in [2.05, 4.69) is 58.9 Å². The molecule has 1 unspecified atom stereocenters. The smallest absolute Gasteiger partial charge is 0.0798 e. The Balaban J connectivity index is 1.74. The fraction of sp³-hybridized carbons (Fsp3) is 0.667. The van der Waals surface area contributed by atoms with Crippen LogP contribution in [0, 0.1) is 19.8 Å². The van der Waals surface area contributed by atoms with Gasteiger partial charge in [0.05, 0.1) is 16.9 Å². The van der Waals surface area contributed by atoms with Crippen LogP contribution in [0.2, 0.25) is 0 Å². The Morgan fingerprint density at radius 1 is 1.33 bits per heavy atom. The van der Waals surface area contributed by atoms with E-state index in [1.54, 1.807) is 11.3 Å². The summed E-state index contributed by atoms with van der Waals surface area (Å²) >= 11 is 1.77. The molecule has 5 nitrogen and oxygen atoms in total. The quantitative estimate of drug-likeness (QED) is 0.836. The molecule has 0 saturated carbocycles. The molecular formula is C18H29N5S. The fourth-order valence-corrected chi connectivity index (χ4v) is 4.10. The van der Waals surface area contributed by atoms with E-state index in [-0.39, 0.29) is 0 Å². The van der Waals surface area contributed by atoms with Gasteiger partial charge in [-0.05, 0) is 53.1 Å². The lowest BCUT2D eigenvalue weighted by molar-refractivity contribution is 0.221. The SMILES string of the molecule is Cc1nn(C(C)C)cc1CN(Cc1scnc1C)CC1CCNC1. The highest BCUT2D eigenvalue weighted by atomic mass is 32.1. The second-order valence-corrected chi connectivity index (χ2v) is 8.14. The van der Waals surface area contributed by atoms with Gasteiger partial charge in [0.15, 0.2) is 0 Å². The van der Waals surface area contributed by atoms with E-state index in [1.165, 1.54) is 22.6 Å². The van der Waals surface area contributed by atoms with E-state index in [0.717, 1.165) is 44.3 Å². The van der Waals surface area contributed by atoms with Crippen LogP contribution < -0.4 is 5.32 Å². The molecule has 0 spiro atoms. The van der Waals surface area contributed by atoms with Gasteiger partial charge in [0, 0.05) is 42.3 Å². The van der Waals surface area contributed by atoms with Gasteiger partial charge in [-0.2, -0.15) is 5.10 Å². The molecular weight excluding hydrogens is 318 g/mol. The van der Waals surface area contributed by atoms with E-state index < -0.39 is 0 Å². The van der Waals surface area contributed by atoms with Crippen LogP contribution in [0.25, 0.3) is 0 Å². The molecule has 1 saturated heterocycles. The third-order valence-electron chi connectivity index (χ3n) is 4.83. The van der Waals surface area contributed by atoms with Crippen LogP contribution in [0.4, 0.5) is 0 Å². The van der Waals surface area contributed by atoms with Crippen molar-refractivity contribution < 1.29 is 0 Å². The summed E-state index contributed by atoms with van der Waals surface area (Å²) in [5.41, 5.74) is 5.63. The molecule has 1 aliphatic rings. The average Bonchev–Trinajstić information content (AvgIpc) is 3.24. The molecule has 6 heteroatoms. The molecule has 24 heavy (non-hydrogen) atoms. The van der Waals surface area contributed by atoms with E-state index in [1.807, 2.05) is 5.51 Å². The number of nitrogens with one attached hydrogen (secondary N) is 1. The topological polar surface area (TPSA) is 46.0 Å². The van der Waals surface area contributed by atoms with Crippen LogP contribution in [0.15, 0.2) is 11.7 Å². The summed E-state index contributed by atoms with van der Waals surface area (Å²) in [6, 6.07) is 0.411. The number of hydrogen-bond donors (Lipinski definition) is 1. The van der Waals surface area contributed by atoms with Gasteiger partial charge >= 0.3 is 0 Å². The van der Waals surface area contributed by atoms with Gasteiger partial charge in [-0.1, -0.05) is 0 Å². The van der Waals surface area contributed by atoms with Crippen molar-refractivity contribution in [2.75, 3.05) is 19.6 Å². The zero-order valence-electron chi connectivity index (χ0n) is 15.2. The molecule has 2 aromatic heterocycles. The van der Waals surface area contributed by atoms with Gasteiger partial charge in [-0.25, -0.2) is 4.98 Å². The van der Waals surface area contributed by atoms with E-state index in [0.29, 0.717) is 6.04 Å². The Hall–Kier alpha value is -1.24. The minimum absolute atomic E-state index is 0.411. The Labute approximate surface area is 149 Å². The highest BCUT2D eigenvalue weighted by Gasteiger charge is 2.21. The van der Waals surface area contributed by atoms with Crippen molar-refractivity contribution >= 4 is 11.3 Å². The maximum atomic E-state index is 4.68. The summed E-state index contributed by atoms with van der Waals surface area (Å²) in [5, 5.41) is 8.17. The Kier molecular flexibility index (Phi) is 5.69. The van der Waals surface area contributed by atoms with Gasteiger partial charge < -0.3 is 5.32 Å². The molecule has 132 valence electrons. The first-order valence-corrected chi connectivity index (χ1v) is 9.77. The zero-order valence-corrected chi connectivity index (χ0v) is 16.1. The Morgan fingerprint density at radius 3 is 2.75 bits per heavy atom. The molecule has 0 radical (unpaired) electrons. The second kappa shape index (κ2) is 7.76. The van der Waals surface area contributed by atoms with E-state index in [9.17, 15) is 0 Å². The zero-order chi connectivity index (χ0) is 17.1. The van der Waals surface area contributed by atoms with Crippen LogP contribution >= 0.6 is 11.3 Å². The minimum Gasteiger partial charge on any atom is -0.316 e. The number of aryl methyl sites for hydroxylation is 2. The van der Waals surface area contributed by atoms with Gasteiger partial charge in [0.25, 0.3) is 0 Å². The van der Waals surface area contributed by atoms with Gasteiger partial charge in [0.1, 0.15) is 0 Å². The third kappa shape index (κ3) is 4.23. The maximum absolute atomic E-state index is 4.68. The van der Waals surface area contributed by atoms with Crippen molar-refractivity contribution in [3.05, 3.63) is 33.5 Å². The summed E-state index contributed by atoms with van der Waals surface area (Å²) in [7, 11) is 0. The number of thiazole rings is 1. The van der Waals surface area contributed by atoms with Crippen molar-refractivity contribution in [2.45, 2.75) is 53.2 Å². The van der Waals surface area contributed by atoms with Crippen molar-refractivity contribution in [1.82, 2.24) is 25.0 Å². The van der Waals surface area contributed by atoms with E-state index >= 15 is 0 Å². The second-order valence-electron chi connectivity index (χ2n) is 7.20. The number of hydrogen-bond acceptors (Lipinski definition) is 5. The number of rotatable bonds is 7. The van der Waals surface area contributed by atoms with Crippen LogP contribution in [0.5, 0.6) is 0 Å². The highest BCUT2D eigenvalue weighted by Crippen LogP contribution is 2.21. The summed E-state index contributed by atoms with van der Waals surface area (Å²) in [6.07, 6.45) is 3.50. The van der Waals surface area contributed by atoms with Crippen LogP contribution in [0.1, 0.15) is 48.1 Å². The predicted octanol–water partition coefficient (Wildman–Crippen LogP) is 3.15. The molecule has 1 fully saturated rings. The molecule has 3 rings (SSSR count). The Morgan fingerprint density at radius 2 is 2.17 bits per heavy atom. The monoisotopic (exact) mass is 347 g/mol. The summed E-state index contributed by atoms with van der Waals surface area (Å²) < 4.78 is 2.08. The van der Waals surface area contributed by atoms with Crippen molar-refractivity contribution in [1.29, 1.82) is 0 Å². The molecule has 2 aromatic rings. The van der Waals surface area contributed by atoms with Crippen LogP contribution in [-0.2, 0) is 13.1 Å². The largest absolute Gasteiger partial charge is 0.316 e. The molecule has 3 heterocycles. The number of nitrogens with zero attached hydrogens (tertiary/aromatic N) is 4. The lowest BCUT2D eigenvalue weighted by Crippen LogP contribution is -2.30. The van der Waals surface area contributed by atoms with Gasteiger partial charge in [-0.15, -0.1) is 11.3 Å². The normalized spacial score (nSPS) is 18.2. The first-order chi connectivity index (χ1) is 11.5. The lowest BCUT2D eigenvalue weighted by atomic mass is 10.1. The summed E-state index contributed by atoms with van der Waals surface area (Å²) in [5.74, 6) is 0.749. The average molecular weight is 348 g/mol. The summed E-state index contributed by atoms with van der Waals surface area (Å²) in [6.45, 7) is 14.0. The molecule has 0 bridgehead atoms. The van der Waals surface area contributed by atoms with Gasteiger partial charge in [-0.3, -0.25) is 9.58 Å². The maximum Gasteiger partial charge on any atom is 0.0798 e. The molecule has 0 aliphatic carbocycles. The van der Waals surface area contributed by atoms with Gasteiger partial charge in [0.2, 0.25) is 0 Å². The first kappa shape index (κ1) is 17.6. The predicted molar refractivity (Wildman–Crippen MR) is 99.3 cm³/mol. The molecule has 0 aromatic carbocycles. The fourth-order valence-electron chi connectivity index (χ4n) is 3.28. The van der Waals surface area contributed by atoms with Crippen LogP contribution in [0.3, 0.4) is 0 Å². The molecule has 1 atom stereocenters. The highest BCUT2D eigenvalue weighted by molar-refractivity contribution is 7.09. The molecule has 1 N–H and O–H groups in total. The molecule has 0 amide bonds. The Bertz CT molecular complexity index is 654. The van der Waals surface area contributed by atoms with Crippen molar-refractivity contribution in [3.63, 3.8) is 0 Å². The van der Waals surface area contributed by atoms with Crippen molar-refractivity contribution in [2.24, 2.45) is 5.92 Å². The minimum atomic E-state index is 0.411. The third-order valence-corrected chi connectivity index (χ3v) is 5.75.